The Morgan fingerprint density at radius 3 is 2.50 bits per heavy atom. The standard InChI is InChI=1S/C13H20N2O4S/c1-8(2)6-10(14)13(17)15-11-7-9(20(3,18)19)4-5-12(11)16/h4-5,7-8,10,16H,6,14H2,1-3H3,(H,15,17)/t10-/m0/s1. The number of phenols is 1. The van der Waals surface area contributed by atoms with E-state index in [2.05, 4.69) is 5.32 Å². The van der Waals surface area contributed by atoms with E-state index in [0.29, 0.717) is 6.42 Å². The van der Waals surface area contributed by atoms with E-state index < -0.39 is 21.8 Å². The molecule has 0 spiro atoms. The van der Waals surface area contributed by atoms with E-state index in [9.17, 15) is 18.3 Å². The molecule has 1 rings (SSSR count). The molecule has 0 bridgehead atoms. The molecule has 1 amide bonds. The molecule has 0 aliphatic heterocycles. The molecule has 1 aromatic carbocycles. The minimum atomic E-state index is -3.41. The van der Waals surface area contributed by atoms with Crippen molar-refractivity contribution in [2.45, 2.75) is 31.2 Å². The van der Waals surface area contributed by atoms with Gasteiger partial charge in [-0.15, -0.1) is 0 Å². The number of benzene rings is 1. The summed E-state index contributed by atoms with van der Waals surface area (Å²) in [6.07, 6.45) is 1.55. The van der Waals surface area contributed by atoms with Gasteiger partial charge >= 0.3 is 0 Å². The Kier molecular flexibility index (Phi) is 5.13. The molecular weight excluding hydrogens is 280 g/mol. The number of amides is 1. The fourth-order valence-corrected chi connectivity index (χ4v) is 2.33. The highest BCUT2D eigenvalue weighted by atomic mass is 32.2. The van der Waals surface area contributed by atoms with Crippen LogP contribution < -0.4 is 11.1 Å². The van der Waals surface area contributed by atoms with E-state index >= 15 is 0 Å². The normalized spacial score (nSPS) is 13.2. The Hall–Kier alpha value is -1.60. The van der Waals surface area contributed by atoms with E-state index in [1.54, 1.807) is 0 Å². The summed E-state index contributed by atoms with van der Waals surface area (Å²) in [7, 11) is -3.41. The van der Waals surface area contributed by atoms with Crippen LogP contribution in [0, 0.1) is 5.92 Å². The molecule has 0 radical (unpaired) electrons. The van der Waals surface area contributed by atoms with Gasteiger partial charge in [-0.2, -0.15) is 0 Å². The molecule has 0 saturated carbocycles. The number of aromatic hydroxyl groups is 1. The molecule has 0 saturated heterocycles. The van der Waals surface area contributed by atoms with Crippen LogP contribution in [0.1, 0.15) is 20.3 Å². The molecule has 4 N–H and O–H groups in total. The number of anilines is 1. The van der Waals surface area contributed by atoms with Gasteiger partial charge in [-0.3, -0.25) is 4.79 Å². The summed E-state index contributed by atoms with van der Waals surface area (Å²) in [5.74, 6) is -0.408. The van der Waals surface area contributed by atoms with Gasteiger partial charge in [0, 0.05) is 6.26 Å². The summed E-state index contributed by atoms with van der Waals surface area (Å²) in [5, 5.41) is 12.1. The van der Waals surface area contributed by atoms with Crippen LogP contribution in [0.2, 0.25) is 0 Å². The van der Waals surface area contributed by atoms with Gasteiger partial charge in [0.25, 0.3) is 0 Å². The number of phenolic OH excluding ortho intramolecular Hbond substituents is 1. The number of rotatable bonds is 5. The average Bonchev–Trinajstić information content (AvgIpc) is 2.29. The molecule has 0 aliphatic carbocycles. The second-order valence-corrected chi connectivity index (χ2v) is 7.19. The SMILES string of the molecule is CC(C)C[C@H](N)C(=O)Nc1cc(S(C)(=O)=O)ccc1O. The Morgan fingerprint density at radius 1 is 1.40 bits per heavy atom. The maximum Gasteiger partial charge on any atom is 0.241 e. The Bertz CT molecular complexity index is 596. The lowest BCUT2D eigenvalue weighted by molar-refractivity contribution is -0.117. The topological polar surface area (TPSA) is 109 Å². The largest absolute Gasteiger partial charge is 0.506 e. The van der Waals surface area contributed by atoms with E-state index in [1.807, 2.05) is 13.8 Å². The second-order valence-electron chi connectivity index (χ2n) is 5.18. The van der Waals surface area contributed by atoms with Gasteiger partial charge in [-0.25, -0.2) is 8.42 Å². The van der Waals surface area contributed by atoms with Crippen LogP contribution in [-0.2, 0) is 14.6 Å². The molecule has 1 aromatic rings. The predicted octanol–water partition coefficient (Wildman–Crippen LogP) is 1.11. The maximum absolute atomic E-state index is 11.9. The van der Waals surface area contributed by atoms with Gasteiger partial charge in [0.15, 0.2) is 9.84 Å². The van der Waals surface area contributed by atoms with E-state index in [4.69, 9.17) is 5.73 Å². The highest BCUT2D eigenvalue weighted by Gasteiger charge is 2.18. The van der Waals surface area contributed by atoms with Crippen LogP contribution in [0.3, 0.4) is 0 Å². The first-order chi connectivity index (χ1) is 9.11. The molecule has 112 valence electrons. The van der Waals surface area contributed by atoms with Crippen molar-refractivity contribution in [1.82, 2.24) is 0 Å². The fraction of sp³-hybridized carbons (Fsp3) is 0.462. The van der Waals surface area contributed by atoms with Crippen molar-refractivity contribution in [2.24, 2.45) is 11.7 Å². The van der Waals surface area contributed by atoms with Crippen molar-refractivity contribution in [3.8, 4) is 5.75 Å². The van der Waals surface area contributed by atoms with Crippen LogP contribution in [0.25, 0.3) is 0 Å². The molecular formula is C13H20N2O4S. The van der Waals surface area contributed by atoms with Crippen molar-refractivity contribution in [3.63, 3.8) is 0 Å². The molecule has 0 heterocycles. The third-order valence-electron chi connectivity index (χ3n) is 2.72. The Morgan fingerprint density at radius 2 is 2.00 bits per heavy atom. The third-order valence-corrected chi connectivity index (χ3v) is 3.83. The number of nitrogens with one attached hydrogen (secondary N) is 1. The first-order valence-electron chi connectivity index (χ1n) is 6.20. The number of nitrogens with two attached hydrogens (primary N) is 1. The highest BCUT2D eigenvalue weighted by Crippen LogP contribution is 2.26. The van der Waals surface area contributed by atoms with Gasteiger partial charge in [-0.1, -0.05) is 13.8 Å². The molecule has 0 unspecified atom stereocenters. The third kappa shape index (κ3) is 4.50. The van der Waals surface area contributed by atoms with Crippen molar-refractivity contribution < 1.29 is 18.3 Å². The van der Waals surface area contributed by atoms with Gasteiger partial charge in [0.2, 0.25) is 5.91 Å². The van der Waals surface area contributed by atoms with Crippen molar-refractivity contribution in [1.29, 1.82) is 0 Å². The predicted molar refractivity (Wildman–Crippen MR) is 77.3 cm³/mol. The molecule has 1 atom stereocenters. The molecule has 0 fully saturated rings. The summed E-state index contributed by atoms with van der Waals surface area (Å²) in [6, 6.07) is 3.00. The number of hydrogen-bond acceptors (Lipinski definition) is 5. The molecule has 7 heteroatoms. The zero-order valence-electron chi connectivity index (χ0n) is 11.8. The van der Waals surface area contributed by atoms with Gasteiger partial charge in [-0.05, 0) is 30.5 Å². The first-order valence-corrected chi connectivity index (χ1v) is 8.10. The van der Waals surface area contributed by atoms with E-state index in [-0.39, 0.29) is 22.3 Å². The van der Waals surface area contributed by atoms with Crippen LogP contribution in [0.4, 0.5) is 5.69 Å². The number of hydrogen-bond donors (Lipinski definition) is 3. The second kappa shape index (κ2) is 6.23. The van der Waals surface area contributed by atoms with Crippen molar-refractivity contribution >= 4 is 21.4 Å². The Labute approximate surface area is 118 Å². The maximum atomic E-state index is 11.9. The molecule has 0 aliphatic rings. The van der Waals surface area contributed by atoms with Crippen LogP contribution in [0.5, 0.6) is 5.75 Å². The lowest BCUT2D eigenvalue weighted by Crippen LogP contribution is -2.36. The number of carbonyl (C=O) groups excluding carboxylic acids is 1. The van der Waals surface area contributed by atoms with Crippen molar-refractivity contribution in [3.05, 3.63) is 18.2 Å². The van der Waals surface area contributed by atoms with Crippen LogP contribution in [-0.4, -0.2) is 31.7 Å². The van der Waals surface area contributed by atoms with Crippen LogP contribution in [0.15, 0.2) is 23.1 Å². The van der Waals surface area contributed by atoms with Gasteiger partial charge < -0.3 is 16.2 Å². The molecule has 20 heavy (non-hydrogen) atoms. The first kappa shape index (κ1) is 16.5. The number of sulfone groups is 1. The molecule has 0 aromatic heterocycles. The zero-order valence-corrected chi connectivity index (χ0v) is 12.6. The lowest BCUT2D eigenvalue weighted by Gasteiger charge is -2.15. The summed E-state index contributed by atoms with van der Waals surface area (Å²) in [5.41, 5.74) is 5.77. The molecule has 6 nitrogen and oxygen atoms in total. The average molecular weight is 300 g/mol. The quantitative estimate of drug-likeness (QED) is 0.706. The van der Waals surface area contributed by atoms with Gasteiger partial charge in [0.05, 0.1) is 16.6 Å². The monoisotopic (exact) mass is 300 g/mol. The van der Waals surface area contributed by atoms with E-state index in [0.717, 1.165) is 6.26 Å². The summed E-state index contributed by atoms with van der Waals surface area (Å²) < 4.78 is 22.9. The summed E-state index contributed by atoms with van der Waals surface area (Å²) >= 11 is 0. The number of carbonyl (C=O) groups is 1. The summed E-state index contributed by atoms with van der Waals surface area (Å²) in [6.45, 7) is 3.88. The fourth-order valence-electron chi connectivity index (χ4n) is 1.69. The van der Waals surface area contributed by atoms with E-state index in [1.165, 1.54) is 18.2 Å². The smallest absolute Gasteiger partial charge is 0.241 e. The Balaban J connectivity index is 2.95. The lowest BCUT2D eigenvalue weighted by atomic mass is 10.0. The minimum absolute atomic E-state index is 0.0167. The van der Waals surface area contributed by atoms with Crippen LogP contribution >= 0.6 is 0 Å². The highest BCUT2D eigenvalue weighted by molar-refractivity contribution is 7.90. The minimum Gasteiger partial charge on any atom is -0.506 e. The van der Waals surface area contributed by atoms with Crippen molar-refractivity contribution in [2.75, 3.05) is 11.6 Å². The zero-order chi connectivity index (χ0) is 15.5. The van der Waals surface area contributed by atoms with Gasteiger partial charge in [0.1, 0.15) is 5.75 Å². The summed E-state index contributed by atoms with van der Waals surface area (Å²) in [4.78, 5) is 11.9.